The molecule has 4 heteroatoms. The van der Waals surface area contributed by atoms with Gasteiger partial charge in [0.25, 0.3) is 0 Å². The Morgan fingerprint density at radius 1 is 0.871 bits per heavy atom. The highest BCUT2D eigenvalue weighted by Crippen LogP contribution is 2.36. The van der Waals surface area contributed by atoms with Crippen LogP contribution in [-0.2, 0) is 11.3 Å². The number of piperazine rings is 1. The smallest absolute Gasteiger partial charge is 0.226 e. The molecule has 0 unspecified atom stereocenters. The summed E-state index contributed by atoms with van der Waals surface area (Å²) in [5.74, 6) is 0.235. The number of para-hydroxylation sites is 1. The van der Waals surface area contributed by atoms with Gasteiger partial charge in [-0.2, -0.15) is 0 Å². The second-order valence-corrected chi connectivity index (χ2v) is 9.20. The van der Waals surface area contributed by atoms with E-state index in [2.05, 4.69) is 57.2 Å². The topological polar surface area (TPSA) is 26.8 Å². The predicted octanol–water partition coefficient (Wildman–Crippen LogP) is 4.95. The maximum Gasteiger partial charge on any atom is 0.226 e. The third kappa shape index (κ3) is 5.36. The largest absolute Gasteiger partial charge is 0.311 e. The predicted molar refractivity (Wildman–Crippen MR) is 128 cm³/mol. The summed E-state index contributed by atoms with van der Waals surface area (Å²) in [5, 5.41) is 0. The second kappa shape index (κ2) is 10.4. The van der Waals surface area contributed by atoms with Crippen molar-refractivity contribution >= 4 is 11.6 Å². The van der Waals surface area contributed by atoms with Crippen molar-refractivity contribution in [3.05, 3.63) is 66.2 Å². The maximum absolute atomic E-state index is 13.0. The minimum Gasteiger partial charge on any atom is -0.311 e. The van der Waals surface area contributed by atoms with E-state index in [-0.39, 0.29) is 11.4 Å². The van der Waals surface area contributed by atoms with Crippen LogP contribution in [0.3, 0.4) is 0 Å². The van der Waals surface area contributed by atoms with E-state index in [4.69, 9.17) is 0 Å². The van der Waals surface area contributed by atoms with Crippen LogP contribution in [-0.4, -0.2) is 54.0 Å². The van der Waals surface area contributed by atoms with Crippen LogP contribution in [0.25, 0.3) is 0 Å². The zero-order chi connectivity index (χ0) is 21.5. The molecule has 0 N–H and O–H groups in total. The minimum atomic E-state index is 0.109. The van der Waals surface area contributed by atoms with Gasteiger partial charge in [0.05, 0.1) is 0 Å². The molecule has 1 aliphatic heterocycles. The molecule has 1 saturated heterocycles. The molecule has 1 amide bonds. The lowest BCUT2D eigenvalue weighted by Crippen LogP contribution is -2.62. The van der Waals surface area contributed by atoms with Gasteiger partial charge in [-0.3, -0.25) is 14.6 Å². The molecule has 0 radical (unpaired) electrons. The third-order valence-electron chi connectivity index (χ3n) is 7.20. The normalized spacial score (nSPS) is 19.8. The van der Waals surface area contributed by atoms with Gasteiger partial charge >= 0.3 is 0 Å². The molecule has 0 bridgehead atoms. The fourth-order valence-corrected chi connectivity index (χ4v) is 5.42. The van der Waals surface area contributed by atoms with Gasteiger partial charge in [-0.1, -0.05) is 74.7 Å². The number of rotatable bonds is 7. The number of carbonyl (C=O) groups excluding carboxylic acids is 1. The first-order valence-corrected chi connectivity index (χ1v) is 12.1. The first kappa shape index (κ1) is 22.0. The summed E-state index contributed by atoms with van der Waals surface area (Å²) >= 11 is 0. The molecule has 2 aliphatic rings. The molecule has 2 fully saturated rings. The number of carbonyl (C=O) groups is 1. The molecule has 0 aromatic heterocycles. The Kier molecular flexibility index (Phi) is 7.41. The van der Waals surface area contributed by atoms with E-state index in [0.29, 0.717) is 6.42 Å². The van der Waals surface area contributed by atoms with Gasteiger partial charge in [0.1, 0.15) is 0 Å². The molecule has 1 aliphatic carbocycles. The second-order valence-electron chi connectivity index (χ2n) is 9.20. The van der Waals surface area contributed by atoms with Crippen LogP contribution in [0.1, 0.15) is 51.0 Å². The van der Waals surface area contributed by atoms with Crippen molar-refractivity contribution < 1.29 is 4.79 Å². The Hall–Kier alpha value is -2.17. The lowest BCUT2D eigenvalue weighted by Gasteiger charge is -2.51. The highest BCUT2D eigenvalue weighted by atomic mass is 16.2. The summed E-state index contributed by atoms with van der Waals surface area (Å²) in [6, 6.07) is 21.1. The summed E-state index contributed by atoms with van der Waals surface area (Å²) in [6.07, 6.45) is 6.82. The lowest BCUT2D eigenvalue weighted by molar-refractivity contribution is -0.119. The first-order valence-electron chi connectivity index (χ1n) is 12.1. The van der Waals surface area contributed by atoms with Gasteiger partial charge in [0.2, 0.25) is 5.91 Å². The zero-order valence-electron chi connectivity index (χ0n) is 19.0. The summed E-state index contributed by atoms with van der Waals surface area (Å²) < 4.78 is 0. The van der Waals surface area contributed by atoms with E-state index in [1.807, 2.05) is 25.1 Å². The molecular formula is C27H37N3O. The van der Waals surface area contributed by atoms with Crippen molar-refractivity contribution in [3.63, 3.8) is 0 Å². The lowest BCUT2D eigenvalue weighted by atomic mass is 9.79. The van der Waals surface area contributed by atoms with Crippen molar-refractivity contribution in [2.75, 3.05) is 37.6 Å². The fourth-order valence-electron chi connectivity index (χ4n) is 5.42. The molecule has 2 aromatic rings. The number of hydrogen-bond donors (Lipinski definition) is 0. The van der Waals surface area contributed by atoms with Crippen LogP contribution in [0.4, 0.5) is 5.69 Å². The van der Waals surface area contributed by atoms with Gasteiger partial charge in [-0.15, -0.1) is 0 Å². The zero-order valence-corrected chi connectivity index (χ0v) is 19.0. The highest BCUT2D eigenvalue weighted by Gasteiger charge is 2.41. The van der Waals surface area contributed by atoms with E-state index < -0.39 is 0 Å². The Morgan fingerprint density at radius 2 is 1.48 bits per heavy atom. The number of benzene rings is 2. The van der Waals surface area contributed by atoms with Crippen LogP contribution >= 0.6 is 0 Å². The minimum absolute atomic E-state index is 0.109. The SMILES string of the molecule is CCC(=O)N(CC1(N2CCN(Cc3ccccc3)CC2)CCCCC1)c1ccccc1. The summed E-state index contributed by atoms with van der Waals surface area (Å²) in [4.78, 5) is 20.3. The van der Waals surface area contributed by atoms with E-state index in [1.165, 1.54) is 37.7 Å². The molecule has 2 aromatic carbocycles. The number of anilines is 1. The standard InChI is InChI=1S/C27H37N3O/c1-2-26(31)30(25-14-8-4-9-15-25)23-27(16-10-5-11-17-27)29-20-18-28(19-21-29)22-24-12-6-3-7-13-24/h3-4,6-9,12-15H,2,5,10-11,16-23H2,1H3. The number of hydrogen-bond acceptors (Lipinski definition) is 3. The maximum atomic E-state index is 13.0. The summed E-state index contributed by atoms with van der Waals surface area (Å²) in [7, 11) is 0. The molecule has 31 heavy (non-hydrogen) atoms. The summed E-state index contributed by atoms with van der Waals surface area (Å²) in [5.41, 5.74) is 2.55. The molecule has 4 rings (SSSR count). The molecule has 4 nitrogen and oxygen atoms in total. The third-order valence-corrected chi connectivity index (χ3v) is 7.20. The van der Waals surface area contributed by atoms with Gasteiger partial charge in [0.15, 0.2) is 0 Å². The van der Waals surface area contributed by atoms with Gasteiger partial charge in [0, 0.05) is 56.9 Å². The first-order chi connectivity index (χ1) is 15.2. The van der Waals surface area contributed by atoms with Crippen molar-refractivity contribution in [2.24, 2.45) is 0 Å². The van der Waals surface area contributed by atoms with Crippen LogP contribution < -0.4 is 4.90 Å². The van der Waals surface area contributed by atoms with Crippen LogP contribution in [0.2, 0.25) is 0 Å². The van der Waals surface area contributed by atoms with Gasteiger partial charge < -0.3 is 4.90 Å². The van der Waals surface area contributed by atoms with Gasteiger partial charge in [-0.05, 0) is 30.5 Å². The van der Waals surface area contributed by atoms with Crippen LogP contribution in [0.5, 0.6) is 0 Å². The quantitative estimate of drug-likeness (QED) is 0.635. The molecule has 166 valence electrons. The van der Waals surface area contributed by atoms with Crippen molar-refractivity contribution in [2.45, 2.75) is 57.5 Å². The fraction of sp³-hybridized carbons (Fsp3) is 0.519. The molecule has 1 saturated carbocycles. The average molecular weight is 420 g/mol. The van der Waals surface area contributed by atoms with E-state index >= 15 is 0 Å². The number of amides is 1. The Bertz CT molecular complexity index is 809. The summed E-state index contributed by atoms with van der Waals surface area (Å²) in [6.45, 7) is 8.22. The van der Waals surface area contributed by atoms with Crippen molar-refractivity contribution in [3.8, 4) is 0 Å². The van der Waals surface area contributed by atoms with Gasteiger partial charge in [-0.25, -0.2) is 0 Å². The molecule has 0 spiro atoms. The average Bonchev–Trinajstić information content (AvgIpc) is 2.84. The Morgan fingerprint density at radius 3 is 2.10 bits per heavy atom. The van der Waals surface area contributed by atoms with Crippen molar-refractivity contribution in [1.29, 1.82) is 0 Å². The Balaban J connectivity index is 1.48. The van der Waals surface area contributed by atoms with E-state index in [1.54, 1.807) is 0 Å². The molecule has 1 heterocycles. The Labute approximate surface area is 187 Å². The van der Waals surface area contributed by atoms with E-state index in [9.17, 15) is 4.79 Å². The van der Waals surface area contributed by atoms with Crippen molar-refractivity contribution in [1.82, 2.24) is 9.80 Å². The number of nitrogens with zero attached hydrogens (tertiary/aromatic N) is 3. The van der Waals surface area contributed by atoms with E-state index in [0.717, 1.165) is 45.0 Å². The highest BCUT2D eigenvalue weighted by molar-refractivity contribution is 5.93. The van der Waals surface area contributed by atoms with Crippen LogP contribution in [0, 0.1) is 0 Å². The molecular weight excluding hydrogens is 382 g/mol. The monoisotopic (exact) mass is 419 g/mol. The van der Waals surface area contributed by atoms with Crippen LogP contribution in [0.15, 0.2) is 60.7 Å². The molecule has 0 atom stereocenters.